The first-order valence-corrected chi connectivity index (χ1v) is 6.89. The van der Waals surface area contributed by atoms with Crippen LogP contribution in [-0.2, 0) is 4.79 Å². The molecule has 1 fully saturated rings. The Kier molecular flexibility index (Phi) is 4.62. The molecule has 0 amide bonds. The molecule has 0 bridgehead atoms. The van der Waals surface area contributed by atoms with E-state index in [1.807, 2.05) is 0 Å². The number of anilines is 1. The average Bonchev–Trinajstić information content (AvgIpc) is 2.43. The standard InChI is InChI=1S/C13H14ClFN2O4/c14-9-5-11(12(17(20)21)6-10(9)15)16-8-3-1-7(2-4-8)13(18)19/h5-8,16H,1-4H2,(H,18,19). The van der Waals surface area contributed by atoms with Gasteiger partial charge < -0.3 is 10.4 Å². The predicted molar refractivity (Wildman–Crippen MR) is 75.1 cm³/mol. The number of carboxylic acid groups (broad SMARTS) is 1. The summed E-state index contributed by atoms with van der Waals surface area (Å²) in [5, 5.41) is 22.7. The maximum Gasteiger partial charge on any atom is 0.306 e. The molecule has 0 aromatic heterocycles. The Bertz CT molecular complexity index is 574. The number of hydrogen-bond acceptors (Lipinski definition) is 4. The summed E-state index contributed by atoms with van der Waals surface area (Å²) < 4.78 is 13.3. The molecule has 1 saturated carbocycles. The smallest absolute Gasteiger partial charge is 0.306 e. The van der Waals surface area contributed by atoms with E-state index < -0.39 is 16.7 Å². The normalized spacial score (nSPS) is 21.8. The lowest BCUT2D eigenvalue weighted by atomic mass is 9.86. The molecule has 0 spiro atoms. The number of carboxylic acids is 1. The number of carbonyl (C=O) groups is 1. The van der Waals surface area contributed by atoms with Crippen molar-refractivity contribution >= 4 is 28.9 Å². The van der Waals surface area contributed by atoms with Crippen LogP contribution in [0, 0.1) is 21.8 Å². The van der Waals surface area contributed by atoms with Gasteiger partial charge in [0.25, 0.3) is 5.69 Å². The highest BCUT2D eigenvalue weighted by molar-refractivity contribution is 6.31. The van der Waals surface area contributed by atoms with Gasteiger partial charge in [0.15, 0.2) is 0 Å². The van der Waals surface area contributed by atoms with Crippen molar-refractivity contribution in [3.63, 3.8) is 0 Å². The van der Waals surface area contributed by atoms with Crippen LogP contribution in [0.2, 0.25) is 5.02 Å². The number of nitro groups is 1. The molecule has 21 heavy (non-hydrogen) atoms. The van der Waals surface area contributed by atoms with Gasteiger partial charge in [-0.25, -0.2) is 4.39 Å². The molecule has 0 atom stereocenters. The van der Waals surface area contributed by atoms with Gasteiger partial charge in [0.2, 0.25) is 0 Å². The lowest BCUT2D eigenvalue weighted by Gasteiger charge is -2.27. The summed E-state index contributed by atoms with van der Waals surface area (Å²) in [6, 6.07) is 1.90. The zero-order valence-corrected chi connectivity index (χ0v) is 11.8. The van der Waals surface area contributed by atoms with Crippen LogP contribution >= 0.6 is 11.6 Å². The largest absolute Gasteiger partial charge is 0.481 e. The first-order chi connectivity index (χ1) is 9.88. The summed E-state index contributed by atoms with van der Waals surface area (Å²) in [5.74, 6) is -2.03. The minimum atomic E-state index is -0.844. The number of nitro benzene ring substituents is 1. The number of nitrogens with zero attached hydrogens (tertiary/aromatic N) is 1. The number of hydrogen-bond donors (Lipinski definition) is 2. The first kappa shape index (κ1) is 15.5. The fourth-order valence-corrected chi connectivity index (χ4v) is 2.67. The Hall–Kier alpha value is -1.89. The molecule has 1 aromatic rings. The lowest BCUT2D eigenvalue weighted by molar-refractivity contribution is -0.384. The number of nitrogens with one attached hydrogen (secondary N) is 1. The second-order valence-corrected chi connectivity index (χ2v) is 5.48. The third kappa shape index (κ3) is 3.60. The predicted octanol–water partition coefficient (Wildman–Crippen LogP) is 3.44. The van der Waals surface area contributed by atoms with E-state index in [-0.39, 0.29) is 28.4 Å². The van der Waals surface area contributed by atoms with Gasteiger partial charge >= 0.3 is 5.97 Å². The summed E-state index contributed by atoms with van der Waals surface area (Å²) in [6.07, 6.45) is 2.19. The van der Waals surface area contributed by atoms with Crippen LogP contribution in [0.1, 0.15) is 25.7 Å². The highest BCUT2D eigenvalue weighted by Crippen LogP contribution is 2.33. The summed E-state index contributed by atoms with van der Waals surface area (Å²) >= 11 is 5.66. The van der Waals surface area contributed by atoms with E-state index in [0.717, 1.165) is 6.07 Å². The van der Waals surface area contributed by atoms with E-state index in [0.29, 0.717) is 25.7 Å². The van der Waals surface area contributed by atoms with Crippen molar-refractivity contribution in [1.82, 2.24) is 0 Å². The Balaban J connectivity index is 2.11. The van der Waals surface area contributed by atoms with Gasteiger partial charge in [0.05, 0.1) is 21.9 Å². The van der Waals surface area contributed by atoms with Crippen LogP contribution < -0.4 is 5.32 Å². The molecule has 2 N–H and O–H groups in total. The van der Waals surface area contributed by atoms with E-state index in [9.17, 15) is 19.3 Å². The van der Waals surface area contributed by atoms with Crippen LogP contribution in [0.4, 0.5) is 15.8 Å². The second kappa shape index (κ2) is 6.26. The summed E-state index contributed by atoms with van der Waals surface area (Å²) in [5.41, 5.74) is -0.220. The molecule has 1 aromatic carbocycles. The molecular weight excluding hydrogens is 303 g/mol. The summed E-state index contributed by atoms with van der Waals surface area (Å²) in [7, 11) is 0. The zero-order valence-electron chi connectivity index (χ0n) is 11.0. The van der Waals surface area contributed by atoms with E-state index in [1.54, 1.807) is 0 Å². The fraction of sp³-hybridized carbons (Fsp3) is 0.462. The van der Waals surface area contributed by atoms with Crippen LogP contribution in [0.3, 0.4) is 0 Å². The Morgan fingerprint density at radius 1 is 1.38 bits per heavy atom. The van der Waals surface area contributed by atoms with Crippen molar-refractivity contribution in [2.45, 2.75) is 31.7 Å². The maximum absolute atomic E-state index is 13.3. The molecule has 0 saturated heterocycles. The highest BCUT2D eigenvalue weighted by atomic mass is 35.5. The minimum absolute atomic E-state index is 0.0826. The lowest BCUT2D eigenvalue weighted by Crippen LogP contribution is -2.29. The SMILES string of the molecule is O=C(O)C1CCC(Nc2cc(Cl)c(F)cc2[N+](=O)[O-])CC1. The zero-order chi connectivity index (χ0) is 15.6. The Morgan fingerprint density at radius 2 is 2.00 bits per heavy atom. The quantitative estimate of drug-likeness (QED) is 0.655. The van der Waals surface area contributed by atoms with Crippen molar-refractivity contribution in [3.05, 3.63) is 33.1 Å². The van der Waals surface area contributed by atoms with E-state index in [4.69, 9.17) is 16.7 Å². The van der Waals surface area contributed by atoms with Gasteiger partial charge in [-0.15, -0.1) is 0 Å². The van der Waals surface area contributed by atoms with Crippen molar-refractivity contribution < 1.29 is 19.2 Å². The Labute approximate surface area is 125 Å². The van der Waals surface area contributed by atoms with Crippen molar-refractivity contribution in [1.29, 1.82) is 0 Å². The van der Waals surface area contributed by atoms with Crippen molar-refractivity contribution in [3.8, 4) is 0 Å². The number of benzene rings is 1. The average molecular weight is 317 g/mol. The summed E-state index contributed by atoms with van der Waals surface area (Å²) in [6.45, 7) is 0. The van der Waals surface area contributed by atoms with E-state index in [1.165, 1.54) is 6.07 Å². The molecule has 0 radical (unpaired) electrons. The molecule has 0 aliphatic heterocycles. The molecule has 114 valence electrons. The minimum Gasteiger partial charge on any atom is -0.481 e. The maximum atomic E-state index is 13.3. The molecule has 2 rings (SSSR count). The van der Waals surface area contributed by atoms with Crippen LogP contribution in [-0.4, -0.2) is 22.0 Å². The topological polar surface area (TPSA) is 92.5 Å². The fourth-order valence-electron chi connectivity index (χ4n) is 2.51. The van der Waals surface area contributed by atoms with E-state index >= 15 is 0 Å². The van der Waals surface area contributed by atoms with Gasteiger partial charge in [0.1, 0.15) is 11.5 Å². The van der Waals surface area contributed by atoms with Crippen molar-refractivity contribution in [2.24, 2.45) is 5.92 Å². The van der Waals surface area contributed by atoms with Crippen LogP contribution in [0.25, 0.3) is 0 Å². The van der Waals surface area contributed by atoms with Gasteiger partial charge in [-0.1, -0.05) is 11.6 Å². The second-order valence-electron chi connectivity index (χ2n) is 5.07. The highest BCUT2D eigenvalue weighted by Gasteiger charge is 2.27. The van der Waals surface area contributed by atoms with Gasteiger partial charge in [-0.2, -0.15) is 0 Å². The van der Waals surface area contributed by atoms with Crippen molar-refractivity contribution in [2.75, 3.05) is 5.32 Å². The third-order valence-electron chi connectivity index (χ3n) is 3.67. The van der Waals surface area contributed by atoms with Gasteiger partial charge in [-0.05, 0) is 31.7 Å². The van der Waals surface area contributed by atoms with E-state index in [2.05, 4.69) is 5.32 Å². The molecular formula is C13H14ClFN2O4. The molecule has 6 nitrogen and oxygen atoms in total. The molecule has 8 heteroatoms. The monoisotopic (exact) mass is 316 g/mol. The number of aliphatic carboxylic acids is 1. The van der Waals surface area contributed by atoms with Crippen LogP contribution in [0.5, 0.6) is 0 Å². The summed E-state index contributed by atoms with van der Waals surface area (Å²) in [4.78, 5) is 21.1. The number of rotatable bonds is 4. The first-order valence-electron chi connectivity index (χ1n) is 6.51. The van der Waals surface area contributed by atoms with Crippen LogP contribution in [0.15, 0.2) is 12.1 Å². The molecule has 1 aliphatic rings. The van der Waals surface area contributed by atoms with Gasteiger partial charge in [-0.3, -0.25) is 14.9 Å². The molecule has 0 heterocycles. The Morgan fingerprint density at radius 3 is 2.52 bits per heavy atom. The molecule has 0 unspecified atom stereocenters. The third-order valence-corrected chi connectivity index (χ3v) is 3.96. The molecule has 1 aliphatic carbocycles. The van der Waals surface area contributed by atoms with Gasteiger partial charge in [0, 0.05) is 6.04 Å². The number of halogens is 2.